The lowest BCUT2D eigenvalue weighted by Gasteiger charge is -2.28. The largest absolute Gasteiger partial charge is 0.358 e. The Bertz CT molecular complexity index is 954. The van der Waals surface area contributed by atoms with Crippen LogP contribution in [0.5, 0.6) is 0 Å². The molecule has 0 spiro atoms. The number of allylic oxidation sites excluding steroid dienone is 1. The lowest BCUT2D eigenvalue weighted by molar-refractivity contribution is 0.646. The molecule has 1 heterocycles. The highest BCUT2D eigenvalue weighted by atomic mass is 14.7. The van der Waals surface area contributed by atoms with Crippen molar-refractivity contribution in [2.24, 2.45) is 0 Å². The monoisotopic (exact) mass is 313 g/mol. The van der Waals surface area contributed by atoms with Crippen LogP contribution < -0.4 is 0 Å². The first-order valence-corrected chi connectivity index (χ1v) is 8.60. The minimum Gasteiger partial charge on any atom is -0.358 e. The molecule has 0 saturated heterocycles. The van der Waals surface area contributed by atoms with Crippen LogP contribution in [0, 0.1) is 6.92 Å². The van der Waals surface area contributed by atoms with Crippen molar-refractivity contribution < 1.29 is 0 Å². The number of fused-ring (bicyclic) bond motifs is 5. The third-order valence-electron chi connectivity index (χ3n) is 5.31. The topological polar surface area (TPSA) is 15.8 Å². The van der Waals surface area contributed by atoms with Gasteiger partial charge in [-0.25, -0.2) is 0 Å². The van der Waals surface area contributed by atoms with Crippen molar-refractivity contribution in [2.75, 3.05) is 0 Å². The lowest BCUT2D eigenvalue weighted by Crippen LogP contribution is -2.19. The summed E-state index contributed by atoms with van der Waals surface area (Å²) in [5, 5.41) is 0. The lowest BCUT2D eigenvalue weighted by atomic mass is 9.75. The van der Waals surface area contributed by atoms with Crippen LogP contribution in [-0.2, 0) is 5.41 Å². The molecule has 24 heavy (non-hydrogen) atoms. The number of hydrogen-bond acceptors (Lipinski definition) is 0. The predicted molar refractivity (Wildman–Crippen MR) is 103 cm³/mol. The zero-order chi connectivity index (χ0) is 16.9. The fourth-order valence-electron chi connectivity index (χ4n) is 4.13. The molecular formula is C23H23N. The first-order valence-electron chi connectivity index (χ1n) is 8.60. The Hall–Kier alpha value is -2.54. The van der Waals surface area contributed by atoms with Crippen molar-refractivity contribution in [1.82, 2.24) is 4.98 Å². The molecule has 0 atom stereocenters. The van der Waals surface area contributed by atoms with Gasteiger partial charge in [0.25, 0.3) is 0 Å². The van der Waals surface area contributed by atoms with Gasteiger partial charge in [-0.1, -0.05) is 74.5 Å². The molecule has 0 saturated carbocycles. The second kappa shape index (κ2) is 5.24. The highest BCUT2D eigenvalue weighted by molar-refractivity contribution is 5.94. The quantitative estimate of drug-likeness (QED) is 0.540. The van der Waals surface area contributed by atoms with Crippen LogP contribution in [0.15, 0.2) is 54.6 Å². The highest BCUT2D eigenvalue weighted by Gasteiger charge is 2.34. The van der Waals surface area contributed by atoms with Gasteiger partial charge in [0.05, 0.1) is 5.69 Å². The molecule has 1 aliphatic carbocycles. The number of aromatic amines is 1. The molecule has 0 unspecified atom stereocenters. The molecule has 4 rings (SSSR count). The number of rotatable bonds is 1. The fourth-order valence-corrected chi connectivity index (χ4v) is 4.13. The normalized spacial score (nSPS) is 14.8. The first-order chi connectivity index (χ1) is 11.6. The fraction of sp³-hybridized carbons (Fsp3) is 0.217. The van der Waals surface area contributed by atoms with Crippen LogP contribution >= 0.6 is 0 Å². The summed E-state index contributed by atoms with van der Waals surface area (Å²) in [4.78, 5) is 3.67. The Morgan fingerprint density at radius 1 is 0.875 bits per heavy atom. The molecule has 1 N–H and O–H groups in total. The molecule has 120 valence electrons. The third kappa shape index (κ3) is 1.94. The average Bonchev–Trinajstić information content (AvgIpc) is 2.88. The van der Waals surface area contributed by atoms with Gasteiger partial charge in [0.2, 0.25) is 0 Å². The van der Waals surface area contributed by atoms with Gasteiger partial charge in [-0.2, -0.15) is 0 Å². The molecule has 1 nitrogen and oxygen atoms in total. The molecule has 2 aromatic carbocycles. The second-order valence-corrected chi connectivity index (χ2v) is 7.13. The van der Waals surface area contributed by atoms with Gasteiger partial charge in [-0.15, -0.1) is 0 Å². The van der Waals surface area contributed by atoms with Crippen LogP contribution in [0.3, 0.4) is 0 Å². The predicted octanol–water partition coefficient (Wildman–Crippen LogP) is 6.33. The number of nitrogens with one attached hydrogen (secondary N) is 1. The number of benzene rings is 2. The number of aromatic nitrogens is 1. The summed E-state index contributed by atoms with van der Waals surface area (Å²) < 4.78 is 0. The van der Waals surface area contributed by atoms with E-state index in [0.29, 0.717) is 0 Å². The van der Waals surface area contributed by atoms with E-state index in [1.807, 2.05) is 0 Å². The SMILES string of the molecule is C/C=C\c1c(C)[nH]c2c1-c1ccccc1C(C)(C)c1ccccc1-2. The summed E-state index contributed by atoms with van der Waals surface area (Å²) in [5.74, 6) is 0. The van der Waals surface area contributed by atoms with Crippen molar-refractivity contribution in [3.8, 4) is 22.4 Å². The van der Waals surface area contributed by atoms with Crippen LogP contribution in [0.2, 0.25) is 0 Å². The summed E-state index contributed by atoms with van der Waals surface area (Å²) in [6.07, 6.45) is 4.35. The Morgan fingerprint density at radius 2 is 1.46 bits per heavy atom. The van der Waals surface area contributed by atoms with Gasteiger partial charge in [0.15, 0.2) is 0 Å². The Balaban J connectivity index is 2.22. The molecule has 0 fully saturated rings. The van der Waals surface area contributed by atoms with E-state index >= 15 is 0 Å². The summed E-state index contributed by atoms with van der Waals surface area (Å²) >= 11 is 0. The molecule has 0 radical (unpaired) electrons. The van der Waals surface area contributed by atoms with Gasteiger partial charge in [0, 0.05) is 27.8 Å². The van der Waals surface area contributed by atoms with E-state index in [9.17, 15) is 0 Å². The van der Waals surface area contributed by atoms with Crippen LogP contribution in [0.4, 0.5) is 0 Å². The third-order valence-corrected chi connectivity index (χ3v) is 5.31. The van der Waals surface area contributed by atoms with Gasteiger partial charge in [0.1, 0.15) is 0 Å². The van der Waals surface area contributed by atoms with Crippen LogP contribution in [0.25, 0.3) is 28.5 Å². The summed E-state index contributed by atoms with van der Waals surface area (Å²) in [5.41, 5.74) is 10.5. The molecule has 3 aromatic rings. The minimum absolute atomic E-state index is 0.0336. The van der Waals surface area contributed by atoms with Crippen LogP contribution in [0.1, 0.15) is 43.2 Å². The van der Waals surface area contributed by atoms with Gasteiger partial charge in [-0.05, 0) is 30.5 Å². The van der Waals surface area contributed by atoms with E-state index in [2.05, 4.69) is 93.4 Å². The van der Waals surface area contributed by atoms with Crippen molar-refractivity contribution in [1.29, 1.82) is 0 Å². The van der Waals surface area contributed by atoms with E-state index < -0.39 is 0 Å². The average molecular weight is 313 g/mol. The van der Waals surface area contributed by atoms with Crippen molar-refractivity contribution in [3.05, 3.63) is 77.0 Å². The number of hydrogen-bond donors (Lipinski definition) is 1. The second-order valence-electron chi connectivity index (χ2n) is 7.13. The summed E-state index contributed by atoms with van der Waals surface area (Å²) in [7, 11) is 0. The maximum absolute atomic E-state index is 3.67. The minimum atomic E-state index is -0.0336. The maximum atomic E-state index is 3.67. The Labute approximate surface area is 144 Å². The first kappa shape index (κ1) is 15.0. The summed E-state index contributed by atoms with van der Waals surface area (Å²) in [6, 6.07) is 17.7. The van der Waals surface area contributed by atoms with E-state index in [4.69, 9.17) is 0 Å². The Kier molecular flexibility index (Phi) is 3.28. The smallest absolute Gasteiger partial charge is 0.0545 e. The molecular weight excluding hydrogens is 290 g/mol. The molecule has 0 bridgehead atoms. The zero-order valence-electron chi connectivity index (χ0n) is 14.8. The van der Waals surface area contributed by atoms with E-state index in [0.717, 1.165) is 0 Å². The van der Waals surface area contributed by atoms with Gasteiger partial charge >= 0.3 is 0 Å². The van der Waals surface area contributed by atoms with Gasteiger partial charge in [-0.3, -0.25) is 0 Å². The van der Waals surface area contributed by atoms with Gasteiger partial charge < -0.3 is 4.98 Å². The van der Waals surface area contributed by atoms with E-state index in [-0.39, 0.29) is 5.41 Å². The zero-order valence-corrected chi connectivity index (χ0v) is 14.8. The maximum Gasteiger partial charge on any atom is 0.0545 e. The summed E-state index contributed by atoms with van der Waals surface area (Å²) in [6.45, 7) is 8.91. The molecule has 0 aliphatic heterocycles. The van der Waals surface area contributed by atoms with E-state index in [1.54, 1.807) is 0 Å². The van der Waals surface area contributed by atoms with Crippen molar-refractivity contribution >= 4 is 6.08 Å². The number of H-pyrrole nitrogens is 1. The van der Waals surface area contributed by atoms with Crippen molar-refractivity contribution in [2.45, 2.75) is 33.1 Å². The standard InChI is InChI=1S/C23H23N/c1-5-10-16-15(2)24-22-18-12-7-9-14-20(18)23(3,4)19-13-8-6-11-17(19)21(16)22/h5-14,24H,1-4H3/b10-5-. The molecule has 1 heteroatoms. The van der Waals surface area contributed by atoms with E-state index in [1.165, 1.54) is 44.8 Å². The molecule has 1 aromatic heterocycles. The number of aryl methyl sites for hydroxylation is 1. The molecule has 0 amide bonds. The van der Waals surface area contributed by atoms with Crippen LogP contribution in [-0.4, -0.2) is 4.98 Å². The Morgan fingerprint density at radius 3 is 2.12 bits per heavy atom. The highest BCUT2D eigenvalue weighted by Crippen LogP contribution is 2.49. The molecule has 1 aliphatic rings. The van der Waals surface area contributed by atoms with Crippen molar-refractivity contribution in [3.63, 3.8) is 0 Å².